The van der Waals surface area contributed by atoms with Gasteiger partial charge in [0.2, 0.25) is 5.82 Å². The first-order chi connectivity index (χ1) is 12.9. The van der Waals surface area contributed by atoms with Crippen molar-refractivity contribution in [3.63, 3.8) is 0 Å². The number of benzene rings is 1. The molecule has 6 heteroatoms. The first-order valence-electron chi connectivity index (χ1n) is 9.49. The van der Waals surface area contributed by atoms with Gasteiger partial charge in [-0.1, -0.05) is 30.3 Å². The second-order valence-electron chi connectivity index (χ2n) is 7.51. The summed E-state index contributed by atoms with van der Waals surface area (Å²) in [7, 11) is 3.45. The molecule has 144 valence electrons. The van der Waals surface area contributed by atoms with Crippen LogP contribution < -0.4 is 10.2 Å². The van der Waals surface area contributed by atoms with E-state index in [9.17, 15) is 4.79 Å². The number of hydrogen-bond donors (Lipinski definition) is 1. The molecule has 27 heavy (non-hydrogen) atoms. The molecule has 1 unspecified atom stereocenters. The van der Waals surface area contributed by atoms with Crippen LogP contribution in [-0.4, -0.2) is 54.0 Å². The lowest BCUT2D eigenvalue weighted by atomic mass is 10.1. The fourth-order valence-electron chi connectivity index (χ4n) is 3.50. The Labute approximate surface area is 161 Å². The summed E-state index contributed by atoms with van der Waals surface area (Å²) in [5.41, 5.74) is 3.20. The summed E-state index contributed by atoms with van der Waals surface area (Å²) in [6.07, 6.45) is 1.05. The van der Waals surface area contributed by atoms with E-state index in [0.717, 1.165) is 36.6 Å². The Morgan fingerprint density at radius 3 is 2.59 bits per heavy atom. The fourth-order valence-corrected chi connectivity index (χ4v) is 3.50. The van der Waals surface area contributed by atoms with E-state index in [0.29, 0.717) is 12.1 Å². The van der Waals surface area contributed by atoms with Crippen molar-refractivity contribution in [2.75, 3.05) is 32.1 Å². The van der Waals surface area contributed by atoms with Crippen LogP contribution >= 0.6 is 0 Å². The number of amides is 1. The second-order valence-corrected chi connectivity index (χ2v) is 7.51. The maximum atomic E-state index is 12.3. The van der Waals surface area contributed by atoms with Gasteiger partial charge in [0.25, 0.3) is 5.91 Å². The molecule has 0 spiro atoms. The Morgan fingerprint density at radius 1 is 1.22 bits per heavy atom. The number of nitrogens with zero attached hydrogens (tertiary/aromatic N) is 4. The molecule has 1 amide bonds. The Kier molecular flexibility index (Phi) is 5.75. The van der Waals surface area contributed by atoms with Gasteiger partial charge in [-0.2, -0.15) is 0 Å². The smallest absolute Gasteiger partial charge is 0.291 e. The minimum atomic E-state index is -0.161. The van der Waals surface area contributed by atoms with Gasteiger partial charge in [-0.15, -0.1) is 0 Å². The summed E-state index contributed by atoms with van der Waals surface area (Å²) in [5.74, 6) is 0.988. The molecule has 0 saturated carbocycles. The van der Waals surface area contributed by atoms with Crippen molar-refractivity contribution in [2.45, 2.75) is 39.3 Å². The standard InChI is InChI=1S/C21H29N5O/c1-14-15(2)23-19(21(27)25(4)5)24-20(14)26-12-11-18(13-26)22-16(3)17-9-7-6-8-10-17/h6-10,16,18,22H,11-13H2,1-5H3/t16?,18-/m1/s1. The third-order valence-electron chi connectivity index (χ3n) is 5.23. The van der Waals surface area contributed by atoms with Gasteiger partial charge < -0.3 is 15.1 Å². The maximum Gasteiger partial charge on any atom is 0.291 e. The van der Waals surface area contributed by atoms with Gasteiger partial charge in [0.1, 0.15) is 5.82 Å². The number of aromatic nitrogens is 2. The van der Waals surface area contributed by atoms with E-state index in [1.54, 1.807) is 14.1 Å². The van der Waals surface area contributed by atoms with Crippen molar-refractivity contribution in [3.8, 4) is 0 Å². The van der Waals surface area contributed by atoms with Crippen LogP contribution in [0.4, 0.5) is 5.82 Å². The fraction of sp³-hybridized carbons (Fsp3) is 0.476. The Bertz CT molecular complexity index is 806. The third kappa shape index (κ3) is 4.27. The van der Waals surface area contributed by atoms with E-state index < -0.39 is 0 Å². The molecule has 6 nitrogen and oxygen atoms in total. The minimum absolute atomic E-state index is 0.161. The predicted molar refractivity (Wildman–Crippen MR) is 108 cm³/mol. The van der Waals surface area contributed by atoms with Crippen molar-refractivity contribution >= 4 is 11.7 Å². The van der Waals surface area contributed by atoms with Crippen LogP contribution in [0.5, 0.6) is 0 Å². The molecule has 2 atom stereocenters. The highest BCUT2D eigenvalue weighted by molar-refractivity contribution is 5.90. The first-order valence-corrected chi connectivity index (χ1v) is 9.49. The highest BCUT2D eigenvalue weighted by atomic mass is 16.2. The minimum Gasteiger partial charge on any atom is -0.355 e. The number of carbonyl (C=O) groups is 1. The van der Waals surface area contributed by atoms with E-state index >= 15 is 0 Å². The normalized spacial score (nSPS) is 17.8. The number of rotatable bonds is 5. The molecule has 1 aromatic heterocycles. The quantitative estimate of drug-likeness (QED) is 0.880. The molecule has 1 aliphatic rings. The van der Waals surface area contributed by atoms with E-state index in [4.69, 9.17) is 0 Å². The van der Waals surface area contributed by atoms with Gasteiger partial charge in [0.15, 0.2) is 0 Å². The molecule has 3 rings (SSSR count). The van der Waals surface area contributed by atoms with Crippen LogP contribution in [0.25, 0.3) is 0 Å². The van der Waals surface area contributed by atoms with Gasteiger partial charge >= 0.3 is 0 Å². The number of carbonyl (C=O) groups excluding carboxylic acids is 1. The first kappa shape index (κ1) is 19.3. The number of hydrogen-bond acceptors (Lipinski definition) is 5. The van der Waals surface area contributed by atoms with E-state index in [1.165, 1.54) is 10.5 Å². The lowest BCUT2D eigenvalue weighted by molar-refractivity contribution is 0.0815. The van der Waals surface area contributed by atoms with Crippen molar-refractivity contribution in [1.82, 2.24) is 20.2 Å². The van der Waals surface area contributed by atoms with Crippen molar-refractivity contribution < 1.29 is 4.79 Å². The summed E-state index contributed by atoms with van der Waals surface area (Å²) in [4.78, 5) is 25.1. The van der Waals surface area contributed by atoms with E-state index in [2.05, 4.69) is 51.4 Å². The molecule has 0 radical (unpaired) electrons. The summed E-state index contributed by atoms with van der Waals surface area (Å²) in [6.45, 7) is 7.97. The van der Waals surface area contributed by atoms with Crippen LogP contribution in [0.2, 0.25) is 0 Å². The van der Waals surface area contributed by atoms with Gasteiger partial charge in [-0.25, -0.2) is 9.97 Å². The predicted octanol–water partition coefficient (Wildman–Crippen LogP) is 2.72. The number of anilines is 1. The van der Waals surface area contributed by atoms with Crippen LogP contribution in [0.3, 0.4) is 0 Å². The molecule has 0 aliphatic carbocycles. The molecule has 1 aliphatic heterocycles. The number of aryl methyl sites for hydroxylation is 1. The van der Waals surface area contributed by atoms with Crippen LogP contribution in [-0.2, 0) is 0 Å². The molecule has 1 fully saturated rings. The second kappa shape index (κ2) is 8.05. The van der Waals surface area contributed by atoms with E-state index in [1.807, 2.05) is 19.9 Å². The molecule has 1 aromatic carbocycles. The Morgan fingerprint density at radius 2 is 1.93 bits per heavy atom. The lowest BCUT2D eigenvalue weighted by Gasteiger charge is -2.23. The molecule has 1 saturated heterocycles. The van der Waals surface area contributed by atoms with Crippen molar-refractivity contribution in [2.24, 2.45) is 0 Å². The highest BCUT2D eigenvalue weighted by Gasteiger charge is 2.27. The van der Waals surface area contributed by atoms with Crippen molar-refractivity contribution in [3.05, 3.63) is 53.0 Å². The van der Waals surface area contributed by atoms with Crippen LogP contribution in [0.1, 0.15) is 46.8 Å². The molecular formula is C21H29N5O. The molecule has 2 aromatic rings. The van der Waals surface area contributed by atoms with E-state index in [-0.39, 0.29) is 11.7 Å². The highest BCUT2D eigenvalue weighted by Crippen LogP contribution is 2.25. The topological polar surface area (TPSA) is 61.4 Å². The summed E-state index contributed by atoms with van der Waals surface area (Å²) in [5, 5.41) is 3.72. The van der Waals surface area contributed by atoms with Crippen LogP contribution in [0, 0.1) is 13.8 Å². The zero-order valence-electron chi connectivity index (χ0n) is 16.9. The maximum absolute atomic E-state index is 12.3. The van der Waals surface area contributed by atoms with Gasteiger partial charge in [0, 0.05) is 50.5 Å². The molecular weight excluding hydrogens is 338 g/mol. The summed E-state index contributed by atoms with van der Waals surface area (Å²) >= 11 is 0. The molecule has 1 N–H and O–H groups in total. The van der Waals surface area contributed by atoms with Gasteiger partial charge in [-0.3, -0.25) is 4.79 Å². The average molecular weight is 367 g/mol. The zero-order valence-corrected chi connectivity index (χ0v) is 16.9. The monoisotopic (exact) mass is 367 g/mol. The summed E-state index contributed by atoms with van der Waals surface area (Å²) in [6, 6.07) is 11.2. The van der Waals surface area contributed by atoms with Gasteiger partial charge in [-0.05, 0) is 32.8 Å². The average Bonchev–Trinajstić information content (AvgIpc) is 3.12. The SMILES string of the molecule is Cc1nc(C(=O)N(C)C)nc(N2CC[C@@H](NC(C)c3ccccc3)C2)c1C. The molecule has 0 bridgehead atoms. The lowest BCUT2D eigenvalue weighted by Crippen LogP contribution is -2.35. The molecule has 2 heterocycles. The Hall–Kier alpha value is -2.47. The Balaban J connectivity index is 1.74. The third-order valence-corrected chi connectivity index (χ3v) is 5.23. The van der Waals surface area contributed by atoms with Crippen molar-refractivity contribution in [1.29, 1.82) is 0 Å². The number of nitrogens with one attached hydrogen (secondary N) is 1. The summed E-state index contributed by atoms with van der Waals surface area (Å²) < 4.78 is 0. The zero-order chi connectivity index (χ0) is 19.6. The van der Waals surface area contributed by atoms with Gasteiger partial charge in [0.05, 0.1) is 0 Å². The van der Waals surface area contributed by atoms with Crippen LogP contribution in [0.15, 0.2) is 30.3 Å². The largest absolute Gasteiger partial charge is 0.355 e.